The third-order valence-corrected chi connectivity index (χ3v) is 3.70. The van der Waals surface area contributed by atoms with Crippen molar-refractivity contribution in [2.24, 2.45) is 0 Å². The lowest BCUT2D eigenvalue weighted by molar-refractivity contribution is -0.116. The zero-order valence-electron chi connectivity index (χ0n) is 11.5. The average molecular weight is 298 g/mol. The van der Waals surface area contributed by atoms with E-state index in [1.807, 2.05) is 36.6 Å². The smallest absolute Gasteiger partial charge is 0.244 e. The van der Waals surface area contributed by atoms with E-state index in [1.165, 1.54) is 6.08 Å². The molecule has 6 heteroatoms. The van der Waals surface area contributed by atoms with Crippen molar-refractivity contribution in [1.82, 2.24) is 20.3 Å². The number of H-pyrrole nitrogens is 1. The fraction of sp³-hybridized carbons (Fsp3) is 0.133. The molecule has 2 heterocycles. The molecular weight excluding hydrogens is 284 g/mol. The molecule has 0 aliphatic heterocycles. The Morgan fingerprint density at radius 2 is 2.24 bits per heavy atom. The normalized spacial score (nSPS) is 11.3. The summed E-state index contributed by atoms with van der Waals surface area (Å²) in [5, 5.41) is 5.69. The van der Waals surface area contributed by atoms with Crippen LogP contribution in [0.2, 0.25) is 0 Å². The van der Waals surface area contributed by atoms with Crippen LogP contribution in [0.5, 0.6) is 0 Å². The van der Waals surface area contributed by atoms with Crippen LogP contribution in [0.3, 0.4) is 0 Å². The van der Waals surface area contributed by atoms with Crippen LogP contribution in [0.1, 0.15) is 16.5 Å². The quantitative estimate of drug-likeness (QED) is 0.727. The van der Waals surface area contributed by atoms with Gasteiger partial charge in [0.15, 0.2) is 0 Å². The summed E-state index contributed by atoms with van der Waals surface area (Å²) in [6, 6.07) is 7.77. The van der Waals surface area contributed by atoms with Crippen LogP contribution in [0.4, 0.5) is 0 Å². The molecule has 0 radical (unpaired) electrons. The lowest BCUT2D eigenvalue weighted by atomic mass is 10.3. The average Bonchev–Trinajstić information content (AvgIpc) is 3.08. The van der Waals surface area contributed by atoms with Crippen molar-refractivity contribution in [1.29, 1.82) is 0 Å². The molecule has 1 aromatic carbocycles. The van der Waals surface area contributed by atoms with Crippen LogP contribution >= 0.6 is 11.3 Å². The maximum Gasteiger partial charge on any atom is 0.244 e. The van der Waals surface area contributed by atoms with Crippen LogP contribution in [-0.2, 0) is 11.3 Å². The molecule has 2 aromatic heterocycles. The molecule has 0 atom stereocenters. The van der Waals surface area contributed by atoms with Gasteiger partial charge in [0.25, 0.3) is 0 Å². The molecule has 5 nitrogen and oxygen atoms in total. The molecular formula is C15H14N4OS. The first-order valence-electron chi connectivity index (χ1n) is 6.52. The standard InChI is InChI=1S/C15H14N4OS/c1-10-17-11(9-21-10)6-7-15(20)16-8-14-18-12-4-2-3-5-13(12)19-14/h2-7,9H,8H2,1H3,(H,16,20)(H,18,19). The predicted octanol–water partition coefficient (Wildman–Crippen LogP) is 2.66. The van der Waals surface area contributed by atoms with E-state index >= 15 is 0 Å². The Bertz CT molecular complexity index is 770. The summed E-state index contributed by atoms with van der Waals surface area (Å²) in [4.78, 5) is 23.6. The molecule has 3 aromatic rings. The number of amides is 1. The maximum atomic E-state index is 11.7. The van der Waals surface area contributed by atoms with E-state index in [1.54, 1.807) is 17.4 Å². The van der Waals surface area contributed by atoms with Crippen molar-refractivity contribution < 1.29 is 4.79 Å². The van der Waals surface area contributed by atoms with Crippen LogP contribution in [0.15, 0.2) is 35.7 Å². The molecule has 0 spiro atoms. The number of para-hydroxylation sites is 2. The number of aromatic nitrogens is 3. The van der Waals surface area contributed by atoms with E-state index in [-0.39, 0.29) is 5.91 Å². The SMILES string of the molecule is Cc1nc(C=CC(=O)NCc2nc3ccccc3[nH]2)cs1. The fourth-order valence-electron chi connectivity index (χ4n) is 1.94. The number of imidazole rings is 1. The first-order valence-corrected chi connectivity index (χ1v) is 7.40. The summed E-state index contributed by atoms with van der Waals surface area (Å²) in [5.41, 5.74) is 2.67. The van der Waals surface area contributed by atoms with Crippen LogP contribution in [0, 0.1) is 6.92 Å². The Labute approximate surface area is 125 Å². The summed E-state index contributed by atoms with van der Waals surface area (Å²) < 4.78 is 0. The summed E-state index contributed by atoms with van der Waals surface area (Å²) in [6.45, 7) is 2.30. The van der Waals surface area contributed by atoms with Gasteiger partial charge in [-0.2, -0.15) is 0 Å². The number of benzene rings is 1. The predicted molar refractivity (Wildman–Crippen MR) is 83.8 cm³/mol. The number of nitrogens with zero attached hydrogens (tertiary/aromatic N) is 2. The first kappa shape index (κ1) is 13.5. The summed E-state index contributed by atoms with van der Waals surface area (Å²) in [6.07, 6.45) is 3.19. The molecule has 106 valence electrons. The largest absolute Gasteiger partial charge is 0.345 e. The zero-order valence-corrected chi connectivity index (χ0v) is 12.3. The van der Waals surface area contributed by atoms with Gasteiger partial charge in [-0.3, -0.25) is 4.79 Å². The van der Waals surface area contributed by atoms with Crippen LogP contribution in [-0.4, -0.2) is 20.9 Å². The number of carbonyl (C=O) groups is 1. The van der Waals surface area contributed by atoms with Gasteiger partial charge in [0.05, 0.1) is 28.3 Å². The number of carbonyl (C=O) groups excluding carboxylic acids is 1. The van der Waals surface area contributed by atoms with Gasteiger partial charge in [0, 0.05) is 11.5 Å². The number of fused-ring (bicyclic) bond motifs is 1. The molecule has 1 amide bonds. The maximum absolute atomic E-state index is 11.7. The molecule has 0 aliphatic carbocycles. The Morgan fingerprint density at radius 3 is 3.00 bits per heavy atom. The van der Waals surface area contributed by atoms with Gasteiger partial charge in [-0.25, -0.2) is 9.97 Å². The lowest BCUT2D eigenvalue weighted by Gasteiger charge is -1.97. The zero-order chi connectivity index (χ0) is 14.7. The molecule has 2 N–H and O–H groups in total. The van der Waals surface area contributed by atoms with Gasteiger partial charge in [0.2, 0.25) is 5.91 Å². The Kier molecular flexibility index (Phi) is 3.79. The number of aryl methyl sites for hydroxylation is 1. The Morgan fingerprint density at radius 1 is 1.38 bits per heavy atom. The second kappa shape index (κ2) is 5.88. The third-order valence-electron chi connectivity index (χ3n) is 2.91. The number of rotatable bonds is 4. The summed E-state index contributed by atoms with van der Waals surface area (Å²) in [5.74, 6) is 0.573. The van der Waals surface area contributed by atoms with Gasteiger partial charge < -0.3 is 10.3 Å². The highest BCUT2D eigenvalue weighted by molar-refractivity contribution is 7.09. The molecule has 0 unspecified atom stereocenters. The topological polar surface area (TPSA) is 70.7 Å². The third kappa shape index (κ3) is 3.35. The second-order valence-corrected chi connectivity index (χ2v) is 5.61. The molecule has 0 bridgehead atoms. The van der Waals surface area contributed by atoms with Gasteiger partial charge in [0.1, 0.15) is 5.82 Å². The number of aromatic amines is 1. The van der Waals surface area contributed by atoms with Gasteiger partial charge in [-0.15, -0.1) is 11.3 Å². The van der Waals surface area contributed by atoms with Crippen molar-refractivity contribution in [3.63, 3.8) is 0 Å². The van der Waals surface area contributed by atoms with E-state index in [0.717, 1.165) is 27.6 Å². The van der Waals surface area contributed by atoms with Gasteiger partial charge in [-0.05, 0) is 25.1 Å². The molecule has 3 rings (SSSR count). The first-order chi connectivity index (χ1) is 10.2. The van der Waals surface area contributed by atoms with Crippen molar-refractivity contribution in [2.45, 2.75) is 13.5 Å². The summed E-state index contributed by atoms with van der Waals surface area (Å²) >= 11 is 1.56. The minimum absolute atomic E-state index is 0.166. The Hall–Kier alpha value is -2.47. The lowest BCUT2D eigenvalue weighted by Crippen LogP contribution is -2.20. The van der Waals surface area contributed by atoms with Crippen molar-refractivity contribution in [2.75, 3.05) is 0 Å². The Balaban J connectivity index is 1.59. The minimum Gasteiger partial charge on any atom is -0.345 e. The molecule has 0 aliphatic rings. The molecule has 0 saturated heterocycles. The number of hydrogen-bond donors (Lipinski definition) is 2. The van der Waals surface area contributed by atoms with Gasteiger partial charge in [-0.1, -0.05) is 12.1 Å². The second-order valence-electron chi connectivity index (χ2n) is 4.54. The van der Waals surface area contributed by atoms with E-state index in [9.17, 15) is 4.79 Å². The molecule has 0 saturated carbocycles. The molecule has 21 heavy (non-hydrogen) atoms. The fourth-order valence-corrected chi connectivity index (χ4v) is 2.52. The van der Waals surface area contributed by atoms with E-state index in [0.29, 0.717) is 6.54 Å². The highest BCUT2D eigenvalue weighted by Gasteiger charge is 2.03. The highest BCUT2D eigenvalue weighted by Crippen LogP contribution is 2.10. The van der Waals surface area contributed by atoms with E-state index in [2.05, 4.69) is 20.3 Å². The van der Waals surface area contributed by atoms with Crippen LogP contribution < -0.4 is 5.32 Å². The van der Waals surface area contributed by atoms with Crippen molar-refractivity contribution in [3.8, 4) is 0 Å². The number of thiazole rings is 1. The van der Waals surface area contributed by atoms with Gasteiger partial charge >= 0.3 is 0 Å². The van der Waals surface area contributed by atoms with Crippen molar-refractivity contribution in [3.05, 3.63) is 52.2 Å². The monoisotopic (exact) mass is 298 g/mol. The van der Waals surface area contributed by atoms with Crippen LogP contribution in [0.25, 0.3) is 17.1 Å². The highest BCUT2D eigenvalue weighted by atomic mass is 32.1. The molecule has 0 fully saturated rings. The van der Waals surface area contributed by atoms with E-state index in [4.69, 9.17) is 0 Å². The number of hydrogen-bond acceptors (Lipinski definition) is 4. The van der Waals surface area contributed by atoms with Crippen molar-refractivity contribution >= 4 is 34.4 Å². The minimum atomic E-state index is -0.166. The summed E-state index contributed by atoms with van der Waals surface area (Å²) in [7, 11) is 0. The van der Waals surface area contributed by atoms with E-state index < -0.39 is 0 Å². The number of nitrogens with one attached hydrogen (secondary N) is 2.